The molecule has 1 unspecified atom stereocenters. The summed E-state index contributed by atoms with van der Waals surface area (Å²) >= 11 is 0. The first-order chi connectivity index (χ1) is 9.65. The summed E-state index contributed by atoms with van der Waals surface area (Å²) in [5, 5.41) is 13.8. The molecule has 100 valence electrons. The second-order valence-corrected chi connectivity index (χ2v) is 4.78. The van der Waals surface area contributed by atoms with Gasteiger partial charge in [0.05, 0.1) is 11.8 Å². The lowest BCUT2D eigenvalue weighted by molar-refractivity contribution is 0.485. The fourth-order valence-corrected chi connectivity index (χ4v) is 1.87. The van der Waals surface area contributed by atoms with Crippen LogP contribution in [0, 0.1) is 11.3 Å². The van der Waals surface area contributed by atoms with E-state index in [-0.39, 0.29) is 0 Å². The number of nitrogens with zero attached hydrogens (tertiary/aromatic N) is 2. The van der Waals surface area contributed by atoms with Crippen LogP contribution in [0.3, 0.4) is 0 Å². The van der Waals surface area contributed by atoms with Gasteiger partial charge < -0.3 is 0 Å². The smallest absolute Gasteiger partial charge is 0.163 e. The highest BCUT2D eigenvalue weighted by Crippen LogP contribution is 2.19. The van der Waals surface area contributed by atoms with Crippen molar-refractivity contribution in [2.24, 2.45) is 5.10 Å². The summed E-state index contributed by atoms with van der Waals surface area (Å²) in [5.74, 6) is 0. The Labute approximate surface area is 119 Å². The lowest BCUT2D eigenvalue weighted by Crippen LogP contribution is -2.35. The average Bonchev–Trinajstić information content (AvgIpc) is 2.54. The third-order valence-corrected chi connectivity index (χ3v) is 3.21. The highest BCUT2D eigenvalue weighted by molar-refractivity contribution is 5.98. The van der Waals surface area contributed by atoms with E-state index >= 15 is 0 Å². The summed E-state index contributed by atoms with van der Waals surface area (Å²) in [6.45, 7) is 3.75. The first kappa shape index (κ1) is 13.8. The van der Waals surface area contributed by atoms with E-state index in [1.54, 1.807) is 0 Å². The van der Waals surface area contributed by atoms with Gasteiger partial charge in [0.25, 0.3) is 0 Å². The molecule has 0 aliphatic heterocycles. The molecule has 2 rings (SSSR count). The van der Waals surface area contributed by atoms with Gasteiger partial charge in [0, 0.05) is 0 Å². The zero-order valence-electron chi connectivity index (χ0n) is 11.7. The number of hydrogen-bond donors (Lipinski definition) is 1. The first-order valence-corrected chi connectivity index (χ1v) is 6.49. The van der Waals surface area contributed by atoms with Crippen molar-refractivity contribution >= 4 is 5.71 Å². The fourth-order valence-electron chi connectivity index (χ4n) is 1.87. The van der Waals surface area contributed by atoms with E-state index in [9.17, 15) is 5.26 Å². The van der Waals surface area contributed by atoms with Gasteiger partial charge in [-0.15, -0.1) is 0 Å². The molecule has 2 aromatic carbocycles. The number of rotatable bonds is 4. The molecular formula is C17H17N3. The van der Waals surface area contributed by atoms with Crippen LogP contribution in [-0.2, 0) is 5.54 Å². The highest BCUT2D eigenvalue weighted by atomic mass is 15.3. The number of nitriles is 1. The van der Waals surface area contributed by atoms with Gasteiger partial charge in [-0.05, 0) is 25.0 Å². The average molecular weight is 263 g/mol. The first-order valence-electron chi connectivity index (χ1n) is 6.49. The van der Waals surface area contributed by atoms with Gasteiger partial charge in [-0.1, -0.05) is 60.7 Å². The van der Waals surface area contributed by atoms with Crippen molar-refractivity contribution in [3.05, 3.63) is 71.8 Å². The van der Waals surface area contributed by atoms with Crippen LogP contribution < -0.4 is 5.43 Å². The van der Waals surface area contributed by atoms with Crippen molar-refractivity contribution in [2.75, 3.05) is 0 Å². The van der Waals surface area contributed by atoms with Gasteiger partial charge in [-0.2, -0.15) is 10.4 Å². The maximum absolute atomic E-state index is 9.44. The Morgan fingerprint density at radius 2 is 1.60 bits per heavy atom. The molecule has 3 heteroatoms. The Hall–Kier alpha value is -2.60. The van der Waals surface area contributed by atoms with E-state index in [0.29, 0.717) is 0 Å². The van der Waals surface area contributed by atoms with Gasteiger partial charge in [0.15, 0.2) is 5.54 Å². The quantitative estimate of drug-likeness (QED) is 0.678. The molecule has 3 nitrogen and oxygen atoms in total. The Morgan fingerprint density at radius 1 is 1.05 bits per heavy atom. The molecule has 0 fully saturated rings. The van der Waals surface area contributed by atoms with Gasteiger partial charge in [0.2, 0.25) is 0 Å². The maximum Gasteiger partial charge on any atom is 0.163 e. The minimum absolute atomic E-state index is 0.836. The minimum Gasteiger partial charge on any atom is -0.285 e. The second-order valence-electron chi connectivity index (χ2n) is 4.78. The molecule has 0 aliphatic carbocycles. The molecule has 0 saturated carbocycles. The molecule has 0 aromatic heterocycles. The zero-order valence-corrected chi connectivity index (χ0v) is 11.7. The van der Waals surface area contributed by atoms with Crippen LogP contribution in [0.1, 0.15) is 25.0 Å². The predicted molar refractivity (Wildman–Crippen MR) is 81.2 cm³/mol. The lowest BCUT2D eigenvalue weighted by atomic mass is 9.95. The Bertz CT molecular complexity index is 626. The van der Waals surface area contributed by atoms with Crippen LogP contribution in [0.4, 0.5) is 0 Å². The fraction of sp³-hybridized carbons (Fsp3) is 0.176. The van der Waals surface area contributed by atoms with Gasteiger partial charge in [0.1, 0.15) is 0 Å². The van der Waals surface area contributed by atoms with Crippen molar-refractivity contribution in [2.45, 2.75) is 19.4 Å². The zero-order chi connectivity index (χ0) is 14.4. The van der Waals surface area contributed by atoms with E-state index < -0.39 is 5.54 Å². The van der Waals surface area contributed by atoms with E-state index in [2.05, 4.69) is 16.6 Å². The largest absolute Gasteiger partial charge is 0.285 e. The molecule has 0 bridgehead atoms. The third-order valence-electron chi connectivity index (χ3n) is 3.21. The molecule has 0 amide bonds. The van der Waals surface area contributed by atoms with Crippen LogP contribution in [-0.4, -0.2) is 5.71 Å². The topological polar surface area (TPSA) is 48.2 Å². The van der Waals surface area contributed by atoms with Crippen molar-refractivity contribution in [1.29, 1.82) is 5.26 Å². The molecule has 1 N–H and O–H groups in total. The molecular weight excluding hydrogens is 246 g/mol. The van der Waals surface area contributed by atoms with Crippen LogP contribution in [0.2, 0.25) is 0 Å². The molecule has 0 radical (unpaired) electrons. The Balaban J connectivity index is 2.22. The molecule has 0 spiro atoms. The SMILES string of the molecule is C/C(=N\NC(C)(C#N)c1ccccc1)c1ccccc1. The number of hydrazone groups is 1. The van der Waals surface area contributed by atoms with E-state index in [1.807, 2.05) is 74.5 Å². The van der Waals surface area contributed by atoms with Crippen LogP contribution in [0.25, 0.3) is 0 Å². The predicted octanol–water partition coefficient (Wildman–Crippen LogP) is 3.44. The molecule has 0 saturated heterocycles. The lowest BCUT2D eigenvalue weighted by Gasteiger charge is -2.22. The number of nitrogens with one attached hydrogen (secondary N) is 1. The Kier molecular flexibility index (Phi) is 4.17. The summed E-state index contributed by atoms with van der Waals surface area (Å²) in [6.07, 6.45) is 0. The monoisotopic (exact) mass is 263 g/mol. The van der Waals surface area contributed by atoms with Gasteiger partial charge >= 0.3 is 0 Å². The van der Waals surface area contributed by atoms with E-state index in [0.717, 1.165) is 16.8 Å². The maximum atomic E-state index is 9.44. The highest BCUT2D eigenvalue weighted by Gasteiger charge is 2.25. The van der Waals surface area contributed by atoms with Crippen molar-refractivity contribution < 1.29 is 0 Å². The second kappa shape index (κ2) is 6.03. The Morgan fingerprint density at radius 3 is 2.15 bits per heavy atom. The summed E-state index contributed by atoms with van der Waals surface area (Å²) in [6, 6.07) is 21.8. The van der Waals surface area contributed by atoms with E-state index in [1.165, 1.54) is 0 Å². The number of hydrogen-bond acceptors (Lipinski definition) is 3. The standard InChI is InChI=1S/C17H17N3/c1-14(15-9-5-3-6-10-15)19-20-17(2,13-18)16-11-7-4-8-12-16/h3-12,20H,1-2H3/b19-14+. The summed E-state index contributed by atoms with van der Waals surface area (Å²) in [4.78, 5) is 0. The van der Waals surface area contributed by atoms with Crippen LogP contribution in [0.5, 0.6) is 0 Å². The van der Waals surface area contributed by atoms with Gasteiger partial charge in [-0.25, -0.2) is 0 Å². The van der Waals surface area contributed by atoms with Gasteiger partial charge in [-0.3, -0.25) is 5.43 Å². The third kappa shape index (κ3) is 3.04. The minimum atomic E-state index is -0.836. The van der Waals surface area contributed by atoms with Crippen molar-refractivity contribution in [1.82, 2.24) is 5.43 Å². The van der Waals surface area contributed by atoms with Crippen LogP contribution in [0.15, 0.2) is 65.8 Å². The van der Waals surface area contributed by atoms with Crippen molar-refractivity contribution in [3.8, 4) is 6.07 Å². The molecule has 20 heavy (non-hydrogen) atoms. The normalized spacial score (nSPS) is 14.2. The van der Waals surface area contributed by atoms with E-state index in [4.69, 9.17) is 0 Å². The van der Waals surface area contributed by atoms with Crippen molar-refractivity contribution in [3.63, 3.8) is 0 Å². The summed E-state index contributed by atoms with van der Waals surface area (Å²) in [5.41, 5.74) is 4.93. The molecule has 0 aliphatic rings. The molecule has 1 atom stereocenters. The molecule has 0 heterocycles. The summed E-state index contributed by atoms with van der Waals surface area (Å²) < 4.78 is 0. The molecule has 2 aromatic rings. The van der Waals surface area contributed by atoms with Crippen LogP contribution >= 0.6 is 0 Å². The summed E-state index contributed by atoms with van der Waals surface area (Å²) in [7, 11) is 0. The number of benzene rings is 2.